The molecule has 0 radical (unpaired) electrons. The summed E-state index contributed by atoms with van der Waals surface area (Å²) >= 11 is 2.20. The summed E-state index contributed by atoms with van der Waals surface area (Å²) in [5, 5.41) is 10.7. The highest BCUT2D eigenvalue weighted by atomic mass is 32.2. The molecule has 0 atom stereocenters. The van der Waals surface area contributed by atoms with E-state index in [9.17, 15) is 22.8 Å². The Morgan fingerprint density at radius 2 is 1.96 bits per heavy atom. The van der Waals surface area contributed by atoms with E-state index in [0.29, 0.717) is 15.9 Å². The number of nitrogens with zero attached hydrogens (tertiary/aromatic N) is 2. The molecule has 0 saturated carbocycles. The number of ketones is 1. The topological polar surface area (TPSA) is 72.0 Å². The lowest BCUT2D eigenvalue weighted by molar-refractivity contribution is -0.137. The van der Waals surface area contributed by atoms with Gasteiger partial charge in [-0.25, -0.2) is 0 Å². The van der Waals surface area contributed by atoms with E-state index >= 15 is 0 Å². The number of amides is 1. The predicted molar refractivity (Wildman–Crippen MR) is 104 cm³/mol. The Balaban J connectivity index is 1.84. The molecule has 0 aliphatic carbocycles. The first-order valence-corrected chi connectivity index (χ1v) is 10.6. The molecule has 0 aliphatic heterocycles. The number of halogens is 3. The van der Waals surface area contributed by atoms with Gasteiger partial charge in [-0.3, -0.25) is 9.59 Å². The van der Waals surface area contributed by atoms with Crippen molar-refractivity contribution in [2.75, 3.05) is 11.1 Å². The SMILES string of the molecule is CCCCCCC(=O)Nc1nnc(SCC(=O)c2cccc(C(F)(F)F)c2)s1. The summed E-state index contributed by atoms with van der Waals surface area (Å²) in [6.07, 6.45) is -0.0859. The zero-order valence-corrected chi connectivity index (χ0v) is 16.8. The fraction of sp³-hybridized carbons (Fsp3) is 0.444. The van der Waals surface area contributed by atoms with Crippen LogP contribution in [0, 0.1) is 0 Å². The number of hydrogen-bond acceptors (Lipinski definition) is 6. The first-order valence-electron chi connectivity index (χ1n) is 8.76. The average molecular weight is 432 g/mol. The van der Waals surface area contributed by atoms with Crippen LogP contribution in [0.15, 0.2) is 28.6 Å². The number of hydrogen-bond donors (Lipinski definition) is 1. The Bertz CT molecular complexity index is 809. The van der Waals surface area contributed by atoms with Crippen molar-refractivity contribution in [1.82, 2.24) is 10.2 Å². The van der Waals surface area contributed by atoms with Crippen LogP contribution in [0.3, 0.4) is 0 Å². The lowest BCUT2D eigenvalue weighted by Crippen LogP contribution is -2.10. The Morgan fingerprint density at radius 1 is 1.18 bits per heavy atom. The van der Waals surface area contributed by atoms with Crippen molar-refractivity contribution in [3.05, 3.63) is 35.4 Å². The van der Waals surface area contributed by atoms with Crippen LogP contribution in [0.4, 0.5) is 18.3 Å². The van der Waals surface area contributed by atoms with E-state index in [-0.39, 0.29) is 17.2 Å². The van der Waals surface area contributed by atoms with E-state index in [1.54, 1.807) is 0 Å². The van der Waals surface area contributed by atoms with Crippen molar-refractivity contribution in [3.63, 3.8) is 0 Å². The van der Waals surface area contributed by atoms with Gasteiger partial charge in [0.25, 0.3) is 0 Å². The Kier molecular flexibility index (Phi) is 8.43. The summed E-state index contributed by atoms with van der Waals surface area (Å²) in [6, 6.07) is 4.32. The van der Waals surface area contributed by atoms with Gasteiger partial charge in [0.05, 0.1) is 11.3 Å². The van der Waals surface area contributed by atoms with Gasteiger partial charge in [0.15, 0.2) is 10.1 Å². The summed E-state index contributed by atoms with van der Waals surface area (Å²) in [4.78, 5) is 24.0. The highest BCUT2D eigenvalue weighted by Gasteiger charge is 2.30. The number of carbonyl (C=O) groups is 2. The minimum Gasteiger partial charge on any atom is -0.301 e. The number of thioether (sulfide) groups is 1. The average Bonchev–Trinajstić information content (AvgIpc) is 3.10. The largest absolute Gasteiger partial charge is 0.416 e. The molecule has 5 nitrogen and oxygen atoms in total. The third-order valence-corrected chi connectivity index (χ3v) is 5.72. The van der Waals surface area contributed by atoms with E-state index < -0.39 is 17.5 Å². The summed E-state index contributed by atoms with van der Waals surface area (Å²) in [5.74, 6) is -0.641. The zero-order valence-electron chi connectivity index (χ0n) is 15.2. The van der Waals surface area contributed by atoms with Crippen molar-refractivity contribution in [2.24, 2.45) is 0 Å². The molecule has 0 bridgehead atoms. The fourth-order valence-electron chi connectivity index (χ4n) is 2.29. The van der Waals surface area contributed by atoms with Gasteiger partial charge in [-0.1, -0.05) is 61.4 Å². The highest BCUT2D eigenvalue weighted by molar-refractivity contribution is 8.01. The molecule has 0 unspecified atom stereocenters. The molecule has 0 spiro atoms. The quantitative estimate of drug-likeness (QED) is 0.235. The number of benzene rings is 1. The van der Waals surface area contributed by atoms with Gasteiger partial charge in [0.1, 0.15) is 0 Å². The van der Waals surface area contributed by atoms with Crippen molar-refractivity contribution in [2.45, 2.75) is 49.5 Å². The molecule has 2 aromatic rings. The lowest BCUT2D eigenvalue weighted by atomic mass is 10.1. The monoisotopic (exact) mass is 431 g/mol. The third-order valence-electron chi connectivity index (χ3n) is 3.75. The van der Waals surface area contributed by atoms with Gasteiger partial charge in [-0.05, 0) is 18.6 Å². The minimum absolute atomic E-state index is 0.00699. The smallest absolute Gasteiger partial charge is 0.301 e. The second-order valence-corrected chi connectivity index (χ2v) is 8.22. The number of unbranched alkanes of at least 4 members (excludes halogenated alkanes) is 3. The number of aromatic nitrogens is 2. The van der Waals surface area contributed by atoms with Crippen LogP contribution in [-0.4, -0.2) is 27.6 Å². The molecule has 0 saturated heterocycles. The van der Waals surface area contributed by atoms with E-state index in [2.05, 4.69) is 22.4 Å². The number of rotatable bonds is 10. The van der Waals surface area contributed by atoms with Gasteiger partial charge in [-0.2, -0.15) is 13.2 Å². The molecule has 10 heteroatoms. The number of alkyl halides is 3. The second-order valence-electron chi connectivity index (χ2n) is 6.02. The molecule has 2 rings (SSSR count). The van der Waals surface area contributed by atoms with E-state index in [1.165, 1.54) is 12.1 Å². The van der Waals surface area contributed by atoms with Gasteiger partial charge in [0.2, 0.25) is 11.0 Å². The first-order chi connectivity index (χ1) is 13.3. The van der Waals surface area contributed by atoms with Crippen molar-refractivity contribution < 1.29 is 22.8 Å². The van der Waals surface area contributed by atoms with Gasteiger partial charge >= 0.3 is 6.18 Å². The lowest BCUT2D eigenvalue weighted by Gasteiger charge is -2.07. The van der Waals surface area contributed by atoms with Crippen molar-refractivity contribution in [1.29, 1.82) is 0 Å². The Hall–Kier alpha value is -1.94. The van der Waals surface area contributed by atoms with Crippen LogP contribution in [0.25, 0.3) is 0 Å². The van der Waals surface area contributed by atoms with Crippen LogP contribution < -0.4 is 5.32 Å². The molecule has 152 valence electrons. The van der Waals surface area contributed by atoms with E-state index in [1.807, 2.05) is 0 Å². The van der Waals surface area contributed by atoms with Gasteiger partial charge < -0.3 is 5.32 Å². The molecule has 0 fully saturated rings. The normalized spacial score (nSPS) is 11.4. The molecular formula is C18H20F3N3O2S2. The summed E-state index contributed by atoms with van der Waals surface area (Å²) in [5.41, 5.74) is -0.865. The molecule has 1 heterocycles. The number of carbonyl (C=O) groups excluding carboxylic acids is 2. The van der Waals surface area contributed by atoms with Crippen LogP contribution in [0.5, 0.6) is 0 Å². The molecular weight excluding hydrogens is 411 g/mol. The van der Waals surface area contributed by atoms with Crippen LogP contribution in [-0.2, 0) is 11.0 Å². The van der Waals surface area contributed by atoms with Crippen LogP contribution in [0.1, 0.15) is 54.9 Å². The molecule has 0 aliphatic rings. The zero-order chi connectivity index (χ0) is 20.6. The fourth-order valence-corrected chi connectivity index (χ4v) is 3.95. The maximum Gasteiger partial charge on any atom is 0.416 e. The van der Waals surface area contributed by atoms with E-state index in [0.717, 1.165) is 60.9 Å². The molecule has 1 aromatic carbocycles. The minimum atomic E-state index is -4.49. The second kappa shape index (κ2) is 10.6. The number of Topliss-reactive ketones (excluding diaryl/α,β-unsaturated/α-hetero) is 1. The Labute approximate surface area is 169 Å². The third kappa shape index (κ3) is 7.23. The maximum atomic E-state index is 12.7. The number of nitrogens with one attached hydrogen (secondary N) is 1. The Morgan fingerprint density at radius 3 is 2.68 bits per heavy atom. The van der Waals surface area contributed by atoms with Gasteiger partial charge in [0, 0.05) is 12.0 Å². The highest BCUT2D eigenvalue weighted by Crippen LogP contribution is 2.30. The van der Waals surface area contributed by atoms with E-state index in [4.69, 9.17) is 0 Å². The van der Waals surface area contributed by atoms with Crippen LogP contribution >= 0.6 is 23.1 Å². The summed E-state index contributed by atoms with van der Waals surface area (Å²) in [6.45, 7) is 2.10. The van der Waals surface area contributed by atoms with Crippen molar-refractivity contribution >= 4 is 39.9 Å². The summed E-state index contributed by atoms with van der Waals surface area (Å²) < 4.78 is 38.7. The molecule has 1 amide bonds. The molecule has 1 N–H and O–H groups in total. The molecule has 1 aromatic heterocycles. The van der Waals surface area contributed by atoms with Crippen molar-refractivity contribution in [3.8, 4) is 0 Å². The van der Waals surface area contributed by atoms with Gasteiger partial charge in [-0.15, -0.1) is 10.2 Å². The maximum absolute atomic E-state index is 12.7. The first kappa shape index (κ1) is 22.4. The standard InChI is InChI=1S/C18H20F3N3O2S2/c1-2-3-4-5-9-15(26)22-16-23-24-17(28-16)27-11-14(25)12-7-6-8-13(10-12)18(19,20)21/h6-8,10H,2-5,9,11H2,1H3,(H,22,23,26). The summed E-state index contributed by atoms with van der Waals surface area (Å²) in [7, 11) is 0. The molecule has 28 heavy (non-hydrogen) atoms. The predicted octanol–water partition coefficient (Wildman–Crippen LogP) is 5.44. The number of anilines is 1. The van der Waals surface area contributed by atoms with Crippen LogP contribution in [0.2, 0.25) is 0 Å².